The Morgan fingerprint density at radius 1 is 1.45 bits per heavy atom. The Balaban J connectivity index is 2.42. The summed E-state index contributed by atoms with van der Waals surface area (Å²) in [7, 11) is 4.20. The number of nitriles is 1. The van der Waals surface area contributed by atoms with E-state index in [0.717, 1.165) is 19.6 Å². The molecule has 3 nitrogen and oxygen atoms in total. The smallest absolute Gasteiger partial charge is 0.0638 e. The molecule has 1 atom stereocenters. The molecule has 3 heteroatoms. The van der Waals surface area contributed by atoms with Crippen molar-refractivity contribution in [1.29, 1.82) is 5.26 Å². The lowest BCUT2D eigenvalue weighted by molar-refractivity contribution is 0.117. The third-order valence-electron chi connectivity index (χ3n) is 2.31. The standard InChI is InChI=1S/C8H15N3/c1-10-5-6-11(2)8(7-10)3-4-9/h8H,3,5-7H2,1-2H3/t8-/m1/s1. The topological polar surface area (TPSA) is 30.3 Å². The first-order valence-corrected chi connectivity index (χ1v) is 3.99. The summed E-state index contributed by atoms with van der Waals surface area (Å²) in [4.78, 5) is 4.55. The highest BCUT2D eigenvalue weighted by molar-refractivity contribution is 4.86. The SMILES string of the molecule is CN1CCN(C)[C@H](CC#N)C1. The van der Waals surface area contributed by atoms with E-state index in [1.807, 2.05) is 0 Å². The summed E-state index contributed by atoms with van der Waals surface area (Å²) < 4.78 is 0. The van der Waals surface area contributed by atoms with E-state index >= 15 is 0 Å². The van der Waals surface area contributed by atoms with E-state index in [2.05, 4.69) is 30.0 Å². The van der Waals surface area contributed by atoms with Gasteiger partial charge in [-0.1, -0.05) is 0 Å². The Bertz CT molecular complexity index is 161. The highest BCUT2D eigenvalue weighted by Gasteiger charge is 2.21. The van der Waals surface area contributed by atoms with Crippen LogP contribution in [0.2, 0.25) is 0 Å². The van der Waals surface area contributed by atoms with Gasteiger partial charge in [-0.15, -0.1) is 0 Å². The van der Waals surface area contributed by atoms with Gasteiger partial charge in [-0.05, 0) is 14.1 Å². The van der Waals surface area contributed by atoms with Gasteiger partial charge in [0.25, 0.3) is 0 Å². The normalized spacial score (nSPS) is 28.3. The molecular formula is C8H15N3. The third kappa shape index (κ3) is 2.18. The van der Waals surface area contributed by atoms with Crippen molar-refractivity contribution in [3.8, 4) is 6.07 Å². The Morgan fingerprint density at radius 3 is 2.82 bits per heavy atom. The van der Waals surface area contributed by atoms with Gasteiger partial charge in [-0.3, -0.25) is 4.90 Å². The molecule has 0 aromatic carbocycles. The molecule has 0 unspecified atom stereocenters. The zero-order valence-corrected chi connectivity index (χ0v) is 7.25. The number of likely N-dealkylation sites (N-methyl/N-ethyl adjacent to an activating group) is 2. The van der Waals surface area contributed by atoms with E-state index in [-0.39, 0.29) is 0 Å². The first kappa shape index (κ1) is 8.51. The molecular weight excluding hydrogens is 138 g/mol. The van der Waals surface area contributed by atoms with E-state index in [1.165, 1.54) is 0 Å². The van der Waals surface area contributed by atoms with Crippen LogP contribution in [0.15, 0.2) is 0 Å². The average Bonchev–Trinajstić information content (AvgIpc) is 1.98. The highest BCUT2D eigenvalue weighted by atomic mass is 15.3. The van der Waals surface area contributed by atoms with Crippen molar-refractivity contribution < 1.29 is 0 Å². The van der Waals surface area contributed by atoms with E-state index in [1.54, 1.807) is 0 Å². The van der Waals surface area contributed by atoms with E-state index < -0.39 is 0 Å². The second-order valence-electron chi connectivity index (χ2n) is 3.26. The van der Waals surface area contributed by atoms with Gasteiger partial charge in [-0.2, -0.15) is 5.26 Å². The monoisotopic (exact) mass is 153 g/mol. The molecule has 1 heterocycles. The molecule has 1 rings (SSSR count). The van der Waals surface area contributed by atoms with Crippen LogP contribution in [0.1, 0.15) is 6.42 Å². The molecule has 0 saturated carbocycles. The predicted molar refractivity (Wildman–Crippen MR) is 44.1 cm³/mol. The molecule has 11 heavy (non-hydrogen) atoms. The summed E-state index contributed by atoms with van der Waals surface area (Å²) in [5.74, 6) is 0. The minimum Gasteiger partial charge on any atom is -0.304 e. The van der Waals surface area contributed by atoms with Gasteiger partial charge in [-0.25, -0.2) is 0 Å². The summed E-state index contributed by atoms with van der Waals surface area (Å²) >= 11 is 0. The van der Waals surface area contributed by atoms with E-state index in [9.17, 15) is 0 Å². The lowest BCUT2D eigenvalue weighted by atomic mass is 10.1. The minimum absolute atomic E-state index is 0.443. The fourth-order valence-electron chi connectivity index (χ4n) is 1.43. The fraction of sp³-hybridized carbons (Fsp3) is 0.875. The second-order valence-corrected chi connectivity index (χ2v) is 3.26. The van der Waals surface area contributed by atoms with Crippen molar-refractivity contribution in [3.63, 3.8) is 0 Å². The van der Waals surface area contributed by atoms with E-state index in [4.69, 9.17) is 5.26 Å². The predicted octanol–water partition coefficient (Wildman–Crippen LogP) is 0.146. The van der Waals surface area contributed by atoms with Crippen molar-refractivity contribution in [2.45, 2.75) is 12.5 Å². The summed E-state index contributed by atoms with van der Waals surface area (Å²) in [6.45, 7) is 3.24. The molecule has 1 fully saturated rings. The van der Waals surface area contributed by atoms with Crippen molar-refractivity contribution in [3.05, 3.63) is 0 Å². The fourth-order valence-corrected chi connectivity index (χ4v) is 1.43. The Hall–Kier alpha value is -0.590. The number of hydrogen-bond donors (Lipinski definition) is 0. The molecule has 0 N–H and O–H groups in total. The molecule has 62 valence electrons. The second kappa shape index (κ2) is 3.70. The molecule has 0 aliphatic carbocycles. The molecule has 0 amide bonds. The number of piperazine rings is 1. The van der Waals surface area contributed by atoms with Crippen molar-refractivity contribution in [1.82, 2.24) is 9.80 Å². The summed E-state index contributed by atoms with van der Waals surface area (Å²) in [6.07, 6.45) is 0.654. The molecule has 0 aromatic heterocycles. The van der Waals surface area contributed by atoms with Gasteiger partial charge in [0.2, 0.25) is 0 Å². The maximum atomic E-state index is 8.53. The minimum atomic E-state index is 0.443. The Kier molecular flexibility index (Phi) is 2.86. The maximum Gasteiger partial charge on any atom is 0.0638 e. The highest BCUT2D eigenvalue weighted by Crippen LogP contribution is 2.07. The summed E-state index contributed by atoms with van der Waals surface area (Å²) in [5.41, 5.74) is 0. The maximum absolute atomic E-state index is 8.53. The quantitative estimate of drug-likeness (QED) is 0.537. The first-order valence-electron chi connectivity index (χ1n) is 3.99. The van der Waals surface area contributed by atoms with Gasteiger partial charge in [0.1, 0.15) is 0 Å². The van der Waals surface area contributed by atoms with Crippen LogP contribution in [-0.4, -0.2) is 49.6 Å². The molecule has 0 spiro atoms. The molecule has 1 saturated heterocycles. The van der Waals surface area contributed by atoms with Gasteiger partial charge < -0.3 is 4.90 Å². The lowest BCUT2D eigenvalue weighted by Crippen LogP contribution is -2.49. The van der Waals surface area contributed by atoms with Crippen LogP contribution in [0.5, 0.6) is 0 Å². The van der Waals surface area contributed by atoms with Gasteiger partial charge in [0.15, 0.2) is 0 Å². The largest absolute Gasteiger partial charge is 0.304 e. The van der Waals surface area contributed by atoms with Crippen molar-refractivity contribution >= 4 is 0 Å². The van der Waals surface area contributed by atoms with Crippen LogP contribution in [0, 0.1) is 11.3 Å². The van der Waals surface area contributed by atoms with Crippen LogP contribution in [0.25, 0.3) is 0 Å². The Labute approximate surface area is 68.2 Å². The molecule has 1 aliphatic heterocycles. The zero-order valence-electron chi connectivity index (χ0n) is 7.25. The Morgan fingerprint density at radius 2 is 2.18 bits per heavy atom. The van der Waals surface area contributed by atoms with Gasteiger partial charge in [0.05, 0.1) is 12.5 Å². The van der Waals surface area contributed by atoms with Crippen LogP contribution in [0.3, 0.4) is 0 Å². The zero-order chi connectivity index (χ0) is 8.27. The van der Waals surface area contributed by atoms with Crippen LogP contribution < -0.4 is 0 Å². The van der Waals surface area contributed by atoms with Crippen LogP contribution >= 0.6 is 0 Å². The lowest BCUT2D eigenvalue weighted by Gasteiger charge is -2.36. The number of nitrogens with zero attached hydrogens (tertiary/aromatic N) is 3. The van der Waals surface area contributed by atoms with Crippen molar-refractivity contribution in [2.24, 2.45) is 0 Å². The summed E-state index contributed by atoms with van der Waals surface area (Å²) in [5, 5.41) is 8.53. The van der Waals surface area contributed by atoms with Crippen LogP contribution in [0.4, 0.5) is 0 Å². The number of rotatable bonds is 1. The van der Waals surface area contributed by atoms with Gasteiger partial charge >= 0.3 is 0 Å². The number of hydrogen-bond acceptors (Lipinski definition) is 3. The molecule has 0 bridgehead atoms. The molecule has 1 aliphatic rings. The van der Waals surface area contributed by atoms with Gasteiger partial charge in [0, 0.05) is 25.7 Å². The average molecular weight is 153 g/mol. The molecule has 0 aromatic rings. The molecule has 0 radical (unpaired) electrons. The van der Waals surface area contributed by atoms with E-state index in [0.29, 0.717) is 12.5 Å². The van der Waals surface area contributed by atoms with Crippen molar-refractivity contribution in [2.75, 3.05) is 33.7 Å². The third-order valence-corrected chi connectivity index (χ3v) is 2.31. The van der Waals surface area contributed by atoms with Crippen LogP contribution in [-0.2, 0) is 0 Å². The summed E-state index contributed by atoms with van der Waals surface area (Å²) in [6, 6.07) is 2.66. The first-order chi connectivity index (χ1) is 5.24.